The lowest BCUT2D eigenvalue weighted by Crippen LogP contribution is -2.39. The number of hydrogen-bond donors (Lipinski definition) is 1. The van der Waals surface area contributed by atoms with Gasteiger partial charge >= 0.3 is 0 Å². The Morgan fingerprint density at radius 3 is 3.00 bits per heavy atom. The Morgan fingerprint density at radius 1 is 1.73 bits per heavy atom. The summed E-state index contributed by atoms with van der Waals surface area (Å²) in [7, 11) is 1.65. The molecule has 0 unspecified atom stereocenters. The molecule has 1 saturated heterocycles. The molecule has 3 nitrogen and oxygen atoms in total. The molecule has 60 valence electrons. The Bertz CT molecular complexity index is 244. The van der Waals surface area contributed by atoms with Gasteiger partial charge in [-0.05, 0) is 11.5 Å². The maximum absolute atomic E-state index is 4.99. The number of methoxy groups -OCH3 is 1. The second kappa shape index (κ2) is 2.79. The normalized spacial score (nSPS) is 17.9. The molecule has 0 atom stereocenters. The Kier molecular flexibility index (Phi) is 1.79. The van der Waals surface area contributed by atoms with E-state index in [1.54, 1.807) is 18.6 Å². The predicted octanol–water partition coefficient (Wildman–Crippen LogP) is 0.838. The molecule has 1 aliphatic rings. The maximum Gasteiger partial charge on any atom is 0.225 e. The van der Waals surface area contributed by atoms with Crippen molar-refractivity contribution in [3.05, 3.63) is 10.9 Å². The van der Waals surface area contributed by atoms with Crippen molar-refractivity contribution in [2.75, 3.05) is 20.2 Å². The summed E-state index contributed by atoms with van der Waals surface area (Å²) in [5.74, 6) is 1.42. The van der Waals surface area contributed by atoms with Crippen molar-refractivity contribution in [2.24, 2.45) is 0 Å². The van der Waals surface area contributed by atoms with E-state index in [2.05, 4.69) is 9.69 Å². The lowest BCUT2D eigenvalue weighted by atomic mass is 10.0. The first-order valence-electron chi connectivity index (χ1n) is 3.61. The maximum atomic E-state index is 4.99. The first kappa shape index (κ1) is 7.06. The third-order valence-electron chi connectivity index (χ3n) is 1.90. The third kappa shape index (κ3) is 1.23. The van der Waals surface area contributed by atoms with E-state index < -0.39 is 0 Å². The van der Waals surface area contributed by atoms with Gasteiger partial charge in [0, 0.05) is 30.0 Å². The zero-order chi connectivity index (χ0) is 7.68. The number of ether oxygens (including phenoxy) is 1. The van der Waals surface area contributed by atoms with Gasteiger partial charge in [0.05, 0.1) is 7.11 Å². The van der Waals surface area contributed by atoms with Gasteiger partial charge in [0.1, 0.15) is 0 Å². The van der Waals surface area contributed by atoms with Crippen LogP contribution in [0.3, 0.4) is 0 Å². The highest BCUT2D eigenvalue weighted by Gasteiger charge is 2.21. The van der Waals surface area contributed by atoms with Gasteiger partial charge in [0.15, 0.2) is 0 Å². The van der Waals surface area contributed by atoms with Crippen LogP contribution in [-0.2, 0) is 0 Å². The molecule has 1 aromatic rings. The molecule has 2 rings (SSSR count). The van der Waals surface area contributed by atoms with Gasteiger partial charge in [0.25, 0.3) is 0 Å². The van der Waals surface area contributed by atoms with Crippen molar-refractivity contribution in [3.63, 3.8) is 0 Å². The fourth-order valence-corrected chi connectivity index (χ4v) is 1.84. The fourth-order valence-electron chi connectivity index (χ4n) is 1.05. The Morgan fingerprint density at radius 2 is 2.55 bits per heavy atom. The van der Waals surface area contributed by atoms with Crippen LogP contribution in [0.5, 0.6) is 5.88 Å². The molecule has 1 aromatic heterocycles. The van der Waals surface area contributed by atoms with E-state index in [-0.39, 0.29) is 0 Å². The molecule has 1 N–H and O–H groups in total. The molecule has 1 aliphatic heterocycles. The summed E-state index contributed by atoms with van der Waals surface area (Å²) in [5.41, 5.74) is 0. The van der Waals surface area contributed by atoms with E-state index in [1.165, 1.54) is 4.88 Å². The van der Waals surface area contributed by atoms with Gasteiger partial charge in [-0.15, -0.1) is 0 Å². The molecule has 0 saturated carbocycles. The van der Waals surface area contributed by atoms with Gasteiger partial charge in [-0.3, -0.25) is 0 Å². The largest absolute Gasteiger partial charge is 0.480 e. The predicted molar refractivity (Wildman–Crippen MR) is 44.3 cm³/mol. The van der Waals surface area contributed by atoms with E-state index in [4.69, 9.17) is 4.74 Å². The molecule has 2 heterocycles. The second-order valence-electron chi connectivity index (χ2n) is 2.63. The number of hydrogen-bond acceptors (Lipinski definition) is 4. The topological polar surface area (TPSA) is 34.1 Å². The molecule has 0 bridgehead atoms. The van der Waals surface area contributed by atoms with Crippen LogP contribution in [0.4, 0.5) is 0 Å². The highest BCUT2D eigenvalue weighted by atomic mass is 32.1. The fraction of sp³-hybridized carbons (Fsp3) is 0.571. The molecule has 0 spiro atoms. The molecule has 0 radical (unpaired) electrons. The lowest BCUT2D eigenvalue weighted by molar-refractivity contribution is 0.401. The van der Waals surface area contributed by atoms with Crippen LogP contribution >= 0.6 is 11.5 Å². The quantitative estimate of drug-likeness (QED) is 0.714. The van der Waals surface area contributed by atoms with Crippen LogP contribution in [0.2, 0.25) is 0 Å². The van der Waals surface area contributed by atoms with Crippen LogP contribution < -0.4 is 10.1 Å². The minimum atomic E-state index is 0.677. The number of aromatic nitrogens is 1. The molecule has 0 aromatic carbocycles. The SMILES string of the molecule is COc1cc(C2CNC2)sn1. The van der Waals surface area contributed by atoms with E-state index in [1.807, 2.05) is 6.07 Å². The monoisotopic (exact) mass is 170 g/mol. The number of rotatable bonds is 2. The van der Waals surface area contributed by atoms with E-state index in [0.717, 1.165) is 19.0 Å². The summed E-state index contributed by atoms with van der Waals surface area (Å²) < 4.78 is 9.12. The van der Waals surface area contributed by atoms with Gasteiger partial charge in [-0.25, -0.2) is 0 Å². The average molecular weight is 170 g/mol. The molecule has 11 heavy (non-hydrogen) atoms. The van der Waals surface area contributed by atoms with Crippen molar-refractivity contribution < 1.29 is 4.74 Å². The summed E-state index contributed by atoms with van der Waals surface area (Å²) in [4.78, 5) is 1.33. The van der Waals surface area contributed by atoms with Gasteiger partial charge in [-0.1, -0.05) is 0 Å². The highest BCUT2D eigenvalue weighted by Crippen LogP contribution is 2.26. The Hall–Kier alpha value is -0.610. The average Bonchev–Trinajstić information content (AvgIpc) is 2.32. The van der Waals surface area contributed by atoms with Crippen molar-refractivity contribution in [2.45, 2.75) is 5.92 Å². The molecule has 0 amide bonds. The first-order valence-corrected chi connectivity index (χ1v) is 4.39. The summed E-state index contributed by atoms with van der Waals surface area (Å²) in [6.07, 6.45) is 0. The van der Waals surface area contributed by atoms with Crippen molar-refractivity contribution in [1.29, 1.82) is 0 Å². The first-order chi connectivity index (χ1) is 5.40. The van der Waals surface area contributed by atoms with E-state index in [0.29, 0.717) is 5.92 Å². The molecular formula is C7H10N2OS. The highest BCUT2D eigenvalue weighted by molar-refractivity contribution is 7.06. The van der Waals surface area contributed by atoms with Gasteiger partial charge in [-0.2, -0.15) is 4.37 Å². The summed E-state index contributed by atoms with van der Waals surface area (Å²) in [5, 5.41) is 3.23. The Labute approximate surface area is 69.5 Å². The van der Waals surface area contributed by atoms with Crippen LogP contribution in [0.1, 0.15) is 10.8 Å². The minimum absolute atomic E-state index is 0.677. The summed E-state index contributed by atoms with van der Waals surface area (Å²) in [6.45, 7) is 2.18. The zero-order valence-electron chi connectivity index (χ0n) is 6.33. The minimum Gasteiger partial charge on any atom is -0.480 e. The second-order valence-corrected chi connectivity index (χ2v) is 3.46. The number of nitrogens with zero attached hydrogens (tertiary/aromatic N) is 1. The van der Waals surface area contributed by atoms with E-state index >= 15 is 0 Å². The summed E-state index contributed by atoms with van der Waals surface area (Å²) in [6, 6.07) is 2.02. The van der Waals surface area contributed by atoms with Gasteiger partial charge in [0.2, 0.25) is 5.88 Å². The summed E-state index contributed by atoms with van der Waals surface area (Å²) >= 11 is 1.54. The van der Waals surface area contributed by atoms with Crippen LogP contribution in [0.15, 0.2) is 6.07 Å². The lowest BCUT2D eigenvalue weighted by Gasteiger charge is -2.25. The van der Waals surface area contributed by atoms with Crippen LogP contribution in [0, 0.1) is 0 Å². The molecule has 0 aliphatic carbocycles. The number of nitrogens with one attached hydrogen (secondary N) is 1. The zero-order valence-corrected chi connectivity index (χ0v) is 7.15. The molecule has 1 fully saturated rings. The standard InChI is InChI=1S/C7H10N2OS/c1-10-7-2-6(11-9-7)5-3-8-4-5/h2,5,8H,3-4H2,1H3. The van der Waals surface area contributed by atoms with Crippen molar-refractivity contribution in [3.8, 4) is 5.88 Å². The molecular weight excluding hydrogens is 160 g/mol. The van der Waals surface area contributed by atoms with Crippen molar-refractivity contribution in [1.82, 2.24) is 9.69 Å². The van der Waals surface area contributed by atoms with Crippen molar-refractivity contribution >= 4 is 11.5 Å². The third-order valence-corrected chi connectivity index (χ3v) is 2.83. The Balaban J connectivity index is 2.11. The van der Waals surface area contributed by atoms with Crippen LogP contribution in [0.25, 0.3) is 0 Å². The molecule has 4 heteroatoms. The van der Waals surface area contributed by atoms with E-state index in [9.17, 15) is 0 Å². The van der Waals surface area contributed by atoms with Gasteiger partial charge < -0.3 is 10.1 Å². The smallest absolute Gasteiger partial charge is 0.225 e. The van der Waals surface area contributed by atoms with Crippen LogP contribution in [-0.4, -0.2) is 24.6 Å².